The third kappa shape index (κ3) is 5.74. The van der Waals surface area contributed by atoms with Gasteiger partial charge in [-0.1, -0.05) is 12.1 Å². The van der Waals surface area contributed by atoms with Gasteiger partial charge in [0.2, 0.25) is 6.36 Å². The first-order valence-corrected chi connectivity index (χ1v) is 12.2. The number of amides is 1. The Hall–Kier alpha value is -4.09. The van der Waals surface area contributed by atoms with Gasteiger partial charge in [-0.25, -0.2) is 13.8 Å². The summed E-state index contributed by atoms with van der Waals surface area (Å²) in [5.74, 6) is -0.437. The molecule has 0 saturated heterocycles. The maximum Gasteiger partial charge on any atom is 0.251 e. The quantitative estimate of drug-likeness (QED) is 0.265. The number of ether oxygens (including phenoxy) is 4. The van der Waals surface area contributed by atoms with Crippen molar-refractivity contribution in [3.8, 4) is 28.5 Å². The zero-order valence-electron chi connectivity index (χ0n) is 20.7. The number of aromatic nitrogens is 1. The molecule has 0 aliphatic rings. The van der Waals surface area contributed by atoms with Crippen LogP contribution in [0.1, 0.15) is 20.8 Å². The van der Waals surface area contributed by atoms with Crippen LogP contribution in [0, 0.1) is 5.82 Å². The van der Waals surface area contributed by atoms with Crippen molar-refractivity contribution in [1.82, 2.24) is 10.3 Å². The van der Waals surface area contributed by atoms with Crippen LogP contribution >= 0.6 is 11.3 Å². The Labute approximate surface area is 221 Å². The summed E-state index contributed by atoms with van der Waals surface area (Å²) in [4.78, 5) is 30.1. The number of nitrogens with one attached hydrogen (secondary N) is 1. The van der Waals surface area contributed by atoms with Crippen molar-refractivity contribution in [1.29, 1.82) is 0 Å². The number of rotatable bonds is 11. The lowest BCUT2D eigenvalue weighted by Crippen LogP contribution is -2.30. The predicted octanol–water partition coefficient (Wildman–Crippen LogP) is 5.05. The Morgan fingerprint density at radius 2 is 1.79 bits per heavy atom. The highest BCUT2D eigenvalue weighted by Crippen LogP contribution is 2.38. The van der Waals surface area contributed by atoms with Gasteiger partial charge in [-0.3, -0.25) is 9.59 Å². The van der Waals surface area contributed by atoms with E-state index in [2.05, 4.69) is 15.0 Å². The summed E-state index contributed by atoms with van der Waals surface area (Å²) in [7, 11) is 4.08. The normalized spacial score (nSPS) is 11.7. The minimum Gasteiger partial charge on any atom is -0.494 e. The fraction of sp³-hybridized carbons (Fsp3) is 0.222. The third-order valence-corrected chi connectivity index (χ3v) is 6.64. The lowest BCUT2D eigenvalue weighted by molar-refractivity contribution is -0.0361. The van der Waals surface area contributed by atoms with Crippen LogP contribution in [0.5, 0.6) is 17.2 Å². The van der Waals surface area contributed by atoms with Crippen LogP contribution in [0.3, 0.4) is 0 Å². The van der Waals surface area contributed by atoms with Gasteiger partial charge in [-0.05, 0) is 36.4 Å². The number of hydrogen-bond donors (Lipinski definition) is 1. The highest BCUT2D eigenvalue weighted by Gasteiger charge is 2.19. The summed E-state index contributed by atoms with van der Waals surface area (Å²) in [6.45, 7) is -0.672. The van der Waals surface area contributed by atoms with Gasteiger partial charge in [0.05, 0.1) is 25.5 Å². The molecule has 4 rings (SSSR count). The molecule has 0 aliphatic heterocycles. The molecule has 11 heteroatoms. The standard InChI is InChI=1S/C27H24F2N2O6S/c1-34-22-10-8-19(31-25(22)17-14-38-26-16(17)5-4-6-18(26)28)20(32)12-30-27(33)15-7-9-21(23(11-15)35-2)37-13-24(29)36-3/h4-11,14,24H,12-13H2,1-3H3,(H,30,33). The zero-order valence-corrected chi connectivity index (χ0v) is 21.6. The number of hydrogen-bond acceptors (Lipinski definition) is 8. The van der Waals surface area contributed by atoms with Gasteiger partial charge < -0.3 is 24.3 Å². The summed E-state index contributed by atoms with van der Waals surface area (Å²) >= 11 is 1.23. The number of methoxy groups -OCH3 is 3. The number of Topliss-reactive ketones (excluding diaryl/α,β-unsaturated/α-hetero) is 1. The fourth-order valence-electron chi connectivity index (χ4n) is 3.67. The van der Waals surface area contributed by atoms with E-state index in [0.29, 0.717) is 27.1 Å². The summed E-state index contributed by atoms with van der Waals surface area (Å²) in [6.07, 6.45) is -1.61. The zero-order chi connectivity index (χ0) is 27.2. The highest BCUT2D eigenvalue weighted by molar-refractivity contribution is 7.17. The number of ketones is 1. The van der Waals surface area contributed by atoms with Crippen molar-refractivity contribution >= 4 is 33.1 Å². The molecule has 1 unspecified atom stereocenters. The van der Waals surface area contributed by atoms with Gasteiger partial charge in [0.25, 0.3) is 5.91 Å². The monoisotopic (exact) mass is 542 g/mol. The molecule has 198 valence electrons. The average molecular weight is 543 g/mol. The number of nitrogens with zero attached hydrogens (tertiary/aromatic N) is 1. The number of fused-ring (bicyclic) bond motifs is 1. The lowest BCUT2D eigenvalue weighted by atomic mass is 10.1. The second kappa shape index (κ2) is 12.0. The van der Waals surface area contributed by atoms with E-state index in [1.54, 1.807) is 23.6 Å². The molecule has 4 aromatic rings. The molecular formula is C27H24F2N2O6S. The number of carbonyl (C=O) groups is 2. The number of benzene rings is 2. The summed E-state index contributed by atoms with van der Waals surface area (Å²) in [6, 6.07) is 12.2. The predicted molar refractivity (Wildman–Crippen MR) is 139 cm³/mol. The van der Waals surface area contributed by atoms with Crippen molar-refractivity contribution < 1.29 is 37.3 Å². The maximum atomic E-state index is 14.2. The smallest absolute Gasteiger partial charge is 0.251 e. The molecule has 0 bridgehead atoms. The molecule has 0 saturated carbocycles. The van der Waals surface area contributed by atoms with Gasteiger partial charge in [-0.15, -0.1) is 11.3 Å². The van der Waals surface area contributed by atoms with Crippen LogP contribution in [0.4, 0.5) is 8.78 Å². The minimum absolute atomic E-state index is 0.108. The number of carbonyl (C=O) groups excluding carboxylic acids is 2. The van der Waals surface area contributed by atoms with Crippen LogP contribution in [0.15, 0.2) is 53.9 Å². The van der Waals surface area contributed by atoms with Crippen molar-refractivity contribution in [3.63, 3.8) is 0 Å². The van der Waals surface area contributed by atoms with Gasteiger partial charge in [-0.2, -0.15) is 0 Å². The fourth-order valence-corrected chi connectivity index (χ4v) is 4.63. The number of alkyl halides is 1. The topological polar surface area (TPSA) is 96.0 Å². The minimum atomic E-state index is -1.61. The van der Waals surface area contributed by atoms with Crippen LogP contribution in [-0.2, 0) is 4.74 Å². The van der Waals surface area contributed by atoms with E-state index in [9.17, 15) is 18.4 Å². The van der Waals surface area contributed by atoms with Crippen LogP contribution in [0.2, 0.25) is 0 Å². The van der Waals surface area contributed by atoms with Crippen molar-refractivity contribution in [3.05, 3.63) is 71.0 Å². The van der Waals surface area contributed by atoms with E-state index < -0.39 is 18.0 Å². The van der Waals surface area contributed by atoms with Crippen molar-refractivity contribution in [2.24, 2.45) is 0 Å². The molecule has 2 heterocycles. The maximum absolute atomic E-state index is 14.2. The molecule has 8 nitrogen and oxygen atoms in total. The van der Waals surface area contributed by atoms with Gasteiger partial charge in [0.15, 0.2) is 17.3 Å². The Morgan fingerprint density at radius 3 is 2.53 bits per heavy atom. The number of pyridine rings is 1. The number of halogens is 2. The van der Waals surface area contributed by atoms with Crippen LogP contribution in [0.25, 0.3) is 21.3 Å². The van der Waals surface area contributed by atoms with E-state index in [1.807, 2.05) is 0 Å². The van der Waals surface area contributed by atoms with E-state index in [0.717, 1.165) is 0 Å². The molecule has 38 heavy (non-hydrogen) atoms. The molecule has 1 amide bonds. The Morgan fingerprint density at radius 1 is 1.03 bits per heavy atom. The molecular weight excluding hydrogens is 518 g/mol. The lowest BCUT2D eigenvalue weighted by Gasteiger charge is -2.13. The van der Waals surface area contributed by atoms with Gasteiger partial charge >= 0.3 is 0 Å². The molecule has 0 radical (unpaired) electrons. The Bertz CT molecular complexity index is 1480. The van der Waals surface area contributed by atoms with E-state index in [4.69, 9.17) is 14.2 Å². The van der Waals surface area contributed by atoms with E-state index in [-0.39, 0.29) is 41.7 Å². The molecule has 1 N–H and O–H groups in total. The Balaban J connectivity index is 1.49. The molecule has 0 aliphatic carbocycles. The largest absolute Gasteiger partial charge is 0.494 e. The average Bonchev–Trinajstić information content (AvgIpc) is 3.39. The van der Waals surface area contributed by atoms with Gasteiger partial charge in [0.1, 0.15) is 29.6 Å². The molecule has 2 aromatic heterocycles. The summed E-state index contributed by atoms with van der Waals surface area (Å²) in [5, 5.41) is 4.98. The highest BCUT2D eigenvalue weighted by atomic mass is 32.1. The first-order valence-electron chi connectivity index (χ1n) is 11.4. The first-order chi connectivity index (χ1) is 18.4. The summed E-state index contributed by atoms with van der Waals surface area (Å²) in [5.41, 5.74) is 1.35. The van der Waals surface area contributed by atoms with E-state index >= 15 is 0 Å². The van der Waals surface area contributed by atoms with Crippen LogP contribution in [-0.4, -0.2) is 57.5 Å². The van der Waals surface area contributed by atoms with Gasteiger partial charge in [0, 0.05) is 29.0 Å². The molecule has 2 aromatic carbocycles. The summed E-state index contributed by atoms with van der Waals surface area (Å²) < 4.78 is 48.5. The first kappa shape index (κ1) is 27.0. The molecule has 1 atom stereocenters. The SMILES string of the molecule is COc1cc(C(=O)NCC(=O)c2ccc(OC)c(-c3csc4c(F)cccc34)n2)ccc1OCC(F)OC. The molecule has 0 spiro atoms. The Kier molecular flexibility index (Phi) is 8.49. The second-order valence-corrected chi connectivity index (χ2v) is 8.82. The van der Waals surface area contributed by atoms with E-state index in [1.165, 1.54) is 63.0 Å². The van der Waals surface area contributed by atoms with Crippen LogP contribution < -0.4 is 19.5 Å². The molecule has 0 fully saturated rings. The van der Waals surface area contributed by atoms with Crippen molar-refractivity contribution in [2.75, 3.05) is 34.5 Å². The number of thiophene rings is 1. The third-order valence-electron chi connectivity index (χ3n) is 5.63. The second-order valence-electron chi connectivity index (χ2n) is 7.94. The van der Waals surface area contributed by atoms with Crippen molar-refractivity contribution in [2.45, 2.75) is 6.36 Å².